The fourth-order valence-corrected chi connectivity index (χ4v) is 2.56. The van der Waals surface area contributed by atoms with Crippen molar-refractivity contribution in [3.63, 3.8) is 0 Å². The Hall–Kier alpha value is -0.650. The summed E-state index contributed by atoms with van der Waals surface area (Å²) in [6.07, 6.45) is 3.01. The number of ether oxygens (including phenoxy) is 1. The third-order valence-corrected chi connectivity index (χ3v) is 3.73. The van der Waals surface area contributed by atoms with Crippen molar-refractivity contribution in [1.29, 1.82) is 0 Å². The molecule has 1 aliphatic heterocycles. The van der Waals surface area contributed by atoms with Gasteiger partial charge in [-0.2, -0.15) is 0 Å². The van der Waals surface area contributed by atoms with Crippen LogP contribution in [0.15, 0.2) is 0 Å². The lowest BCUT2D eigenvalue weighted by Crippen LogP contribution is -2.58. The van der Waals surface area contributed by atoms with Crippen LogP contribution >= 0.6 is 0 Å². The zero-order valence-corrected chi connectivity index (χ0v) is 10.4. The maximum atomic E-state index is 11.4. The van der Waals surface area contributed by atoms with Gasteiger partial charge in [-0.15, -0.1) is 0 Å². The van der Waals surface area contributed by atoms with E-state index in [2.05, 4.69) is 4.90 Å². The molecule has 0 aromatic heterocycles. The second-order valence-electron chi connectivity index (χ2n) is 5.39. The first-order valence-electron chi connectivity index (χ1n) is 6.38. The monoisotopic (exact) mass is 242 g/mol. The molecule has 2 unspecified atom stereocenters. The average molecular weight is 242 g/mol. The molecule has 1 aliphatic carbocycles. The van der Waals surface area contributed by atoms with Gasteiger partial charge in [0, 0.05) is 26.2 Å². The van der Waals surface area contributed by atoms with Crippen molar-refractivity contribution in [3.05, 3.63) is 0 Å². The molecule has 2 atom stereocenters. The average Bonchev–Trinajstić information content (AvgIpc) is 3.05. The first-order chi connectivity index (χ1) is 8.02. The molecule has 0 aromatic rings. The van der Waals surface area contributed by atoms with Crippen LogP contribution in [0.1, 0.15) is 26.2 Å². The molecular formula is C12H22N2O3. The van der Waals surface area contributed by atoms with Crippen LogP contribution in [0.3, 0.4) is 0 Å². The standard InChI is InChI=1S/C12H22N2O3/c1-9-7-14(5-2-6-17-9)8-12(13,11(15)16)10-3-4-10/h9-10H,2-8,13H2,1H3,(H,15,16). The first-order valence-corrected chi connectivity index (χ1v) is 6.38. The van der Waals surface area contributed by atoms with Crippen molar-refractivity contribution in [2.75, 3.05) is 26.2 Å². The largest absolute Gasteiger partial charge is 0.480 e. The number of carboxylic acid groups (broad SMARTS) is 1. The minimum atomic E-state index is -1.07. The smallest absolute Gasteiger partial charge is 0.325 e. The van der Waals surface area contributed by atoms with Gasteiger partial charge in [0.15, 0.2) is 0 Å². The Kier molecular flexibility index (Phi) is 3.70. The van der Waals surface area contributed by atoms with E-state index in [1.807, 2.05) is 6.92 Å². The van der Waals surface area contributed by atoms with Crippen LogP contribution in [0.4, 0.5) is 0 Å². The highest BCUT2D eigenvalue weighted by atomic mass is 16.5. The van der Waals surface area contributed by atoms with Crippen molar-refractivity contribution < 1.29 is 14.6 Å². The molecule has 0 bridgehead atoms. The van der Waals surface area contributed by atoms with Gasteiger partial charge >= 0.3 is 5.97 Å². The summed E-state index contributed by atoms with van der Waals surface area (Å²) < 4.78 is 5.55. The number of nitrogens with two attached hydrogens (primary N) is 1. The molecule has 98 valence electrons. The van der Waals surface area contributed by atoms with Crippen LogP contribution in [0.25, 0.3) is 0 Å². The van der Waals surface area contributed by atoms with E-state index in [0.29, 0.717) is 6.54 Å². The normalized spacial score (nSPS) is 30.6. The van der Waals surface area contributed by atoms with Gasteiger partial charge in [0.1, 0.15) is 5.54 Å². The van der Waals surface area contributed by atoms with Crippen molar-refractivity contribution in [1.82, 2.24) is 4.90 Å². The number of carboxylic acids is 1. The summed E-state index contributed by atoms with van der Waals surface area (Å²) in [5.74, 6) is -0.711. The number of hydrogen-bond acceptors (Lipinski definition) is 4. The predicted octanol–water partition coefficient (Wildman–Crippen LogP) is 0.289. The second-order valence-corrected chi connectivity index (χ2v) is 5.39. The summed E-state index contributed by atoms with van der Waals surface area (Å²) in [5, 5.41) is 9.33. The summed E-state index contributed by atoms with van der Waals surface area (Å²) >= 11 is 0. The minimum Gasteiger partial charge on any atom is -0.480 e. The van der Waals surface area contributed by atoms with Gasteiger partial charge in [0.25, 0.3) is 0 Å². The van der Waals surface area contributed by atoms with Crippen molar-refractivity contribution in [3.8, 4) is 0 Å². The molecule has 0 spiro atoms. The van der Waals surface area contributed by atoms with Crippen LogP contribution in [-0.4, -0.2) is 53.9 Å². The number of nitrogens with zero attached hydrogens (tertiary/aromatic N) is 1. The van der Waals surface area contributed by atoms with Crippen LogP contribution in [0.5, 0.6) is 0 Å². The minimum absolute atomic E-state index is 0.152. The second kappa shape index (κ2) is 4.92. The fourth-order valence-electron chi connectivity index (χ4n) is 2.56. The molecule has 1 saturated heterocycles. The highest BCUT2D eigenvalue weighted by molar-refractivity contribution is 5.79. The lowest BCUT2D eigenvalue weighted by Gasteiger charge is -2.32. The predicted molar refractivity (Wildman–Crippen MR) is 63.7 cm³/mol. The summed E-state index contributed by atoms with van der Waals surface area (Å²) in [6.45, 7) is 4.88. The molecule has 17 heavy (non-hydrogen) atoms. The number of carbonyl (C=O) groups is 1. The topological polar surface area (TPSA) is 75.8 Å². The Bertz CT molecular complexity index is 293. The molecule has 1 saturated carbocycles. The van der Waals surface area contributed by atoms with Crippen LogP contribution in [-0.2, 0) is 9.53 Å². The molecule has 2 rings (SSSR count). The quantitative estimate of drug-likeness (QED) is 0.741. The highest BCUT2D eigenvalue weighted by Gasteiger charge is 2.49. The summed E-state index contributed by atoms with van der Waals surface area (Å²) in [4.78, 5) is 13.5. The van der Waals surface area contributed by atoms with Gasteiger partial charge in [-0.3, -0.25) is 9.69 Å². The molecular weight excluding hydrogens is 220 g/mol. The molecule has 0 radical (unpaired) electrons. The van der Waals surface area contributed by atoms with E-state index in [4.69, 9.17) is 10.5 Å². The maximum Gasteiger partial charge on any atom is 0.325 e. The molecule has 2 fully saturated rings. The molecule has 3 N–H and O–H groups in total. The Morgan fingerprint density at radius 1 is 1.59 bits per heavy atom. The summed E-state index contributed by atoms with van der Waals surface area (Å²) in [7, 11) is 0. The number of aliphatic carboxylic acids is 1. The van der Waals surface area contributed by atoms with Gasteiger partial charge in [0.2, 0.25) is 0 Å². The van der Waals surface area contributed by atoms with Gasteiger partial charge < -0.3 is 15.6 Å². The zero-order chi connectivity index (χ0) is 12.5. The van der Waals surface area contributed by atoms with Crippen molar-refractivity contribution in [2.45, 2.75) is 37.8 Å². The third kappa shape index (κ3) is 2.97. The van der Waals surface area contributed by atoms with Crippen molar-refractivity contribution >= 4 is 5.97 Å². The van der Waals surface area contributed by atoms with Gasteiger partial charge in [-0.25, -0.2) is 0 Å². The number of rotatable bonds is 4. The van der Waals surface area contributed by atoms with E-state index in [1.54, 1.807) is 0 Å². The van der Waals surface area contributed by atoms with Crippen LogP contribution in [0.2, 0.25) is 0 Å². The van der Waals surface area contributed by atoms with Gasteiger partial charge in [0.05, 0.1) is 6.10 Å². The Morgan fingerprint density at radius 3 is 2.88 bits per heavy atom. The van der Waals surface area contributed by atoms with E-state index in [9.17, 15) is 9.90 Å². The zero-order valence-electron chi connectivity index (χ0n) is 10.4. The van der Waals surface area contributed by atoms with E-state index in [0.717, 1.165) is 39.0 Å². The number of hydrogen-bond donors (Lipinski definition) is 2. The van der Waals surface area contributed by atoms with Crippen LogP contribution < -0.4 is 5.73 Å². The SMILES string of the molecule is CC1CN(CC(N)(C(=O)O)C2CC2)CCCO1. The molecule has 2 aliphatic rings. The first kappa shape index (κ1) is 12.8. The van der Waals surface area contributed by atoms with Crippen LogP contribution in [0, 0.1) is 5.92 Å². The molecule has 5 nitrogen and oxygen atoms in total. The summed E-state index contributed by atoms with van der Waals surface area (Å²) in [6, 6.07) is 0. The lowest BCUT2D eigenvalue weighted by molar-refractivity contribution is -0.145. The molecule has 1 heterocycles. The van der Waals surface area contributed by atoms with Gasteiger partial charge in [-0.05, 0) is 32.1 Å². The van der Waals surface area contributed by atoms with E-state index in [-0.39, 0.29) is 12.0 Å². The van der Waals surface area contributed by atoms with Gasteiger partial charge in [-0.1, -0.05) is 0 Å². The molecule has 5 heteroatoms. The molecule has 0 amide bonds. The van der Waals surface area contributed by atoms with Crippen molar-refractivity contribution in [2.24, 2.45) is 11.7 Å². The Labute approximate surface area is 102 Å². The Balaban J connectivity index is 1.99. The fraction of sp³-hybridized carbons (Fsp3) is 0.917. The third-order valence-electron chi connectivity index (χ3n) is 3.73. The molecule has 0 aromatic carbocycles. The highest BCUT2D eigenvalue weighted by Crippen LogP contribution is 2.39. The lowest BCUT2D eigenvalue weighted by atomic mass is 9.93. The summed E-state index contributed by atoms with van der Waals surface area (Å²) in [5.41, 5.74) is 5.03. The van der Waals surface area contributed by atoms with E-state index >= 15 is 0 Å². The Morgan fingerprint density at radius 2 is 2.29 bits per heavy atom. The van der Waals surface area contributed by atoms with E-state index < -0.39 is 11.5 Å². The van der Waals surface area contributed by atoms with E-state index in [1.165, 1.54) is 0 Å². The maximum absolute atomic E-state index is 11.4.